The van der Waals surface area contributed by atoms with Crippen molar-refractivity contribution in [2.45, 2.75) is 25.9 Å². The predicted octanol–water partition coefficient (Wildman–Crippen LogP) is 1.31. The highest BCUT2D eigenvalue weighted by molar-refractivity contribution is 5.47. The zero-order chi connectivity index (χ0) is 12.8. The van der Waals surface area contributed by atoms with Gasteiger partial charge in [-0.25, -0.2) is 9.97 Å². The summed E-state index contributed by atoms with van der Waals surface area (Å²) in [5.41, 5.74) is 0. The number of anilines is 2. The first kappa shape index (κ1) is 12.6. The SMILES string of the molecule is Cc1nc(NCC#N)cc(NCC2CCCO2)n1. The molecule has 2 N–H and O–H groups in total. The summed E-state index contributed by atoms with van der Waals surface area (Å²) in [6, 6.07) is 3.82. The highest BCUT2D eigenvalue weighted by Crippen LogP contribution is 2.14. The van der Waals surface area contributed by atoms with Crippen molar-refractivity contribution in [2.24, 2.45) is 0 Å². The van der Waals surface area contributed by atoms with Crippen LogP contribution < -0.4 is 10.6 Å². The summed E-state index contributed by atoms with van der Waals surface area (Å²) in [6.07, 6.45) is 2.50. The predicted molar refractivity (Wildman–Crippen MR) is 68.3 cm³/mol. The third-order valence-corrected chi connectivity index (χ3v) is 2.72. The molecule has 0 aromatic carbocycles. The van der Waals surface area contributed by atoms with Crippen LogP contribution in [-0.2, 0) is 4.74 Å². The van der Waals surface area contributed by atoms with Crippen molar-refractivity contribution in [1.82, 2.24) is 9.97 Å². The molecule has 1 unspecified atom stereocenters. The van der Waals surface area contributed by atoms with Gasteiger partial charge in [0, 0.05) is 19.2 Å². The molecular formula is C12H17N5O. The molecule has 1 aliphatic heterocycles. The lowest BCUT2D eigenvalue weighted by Gasteiger charge is -2.12. The summed E-state index contributed by atoms with van der Waals surface area (Å²) in [6.45, 7) is 3.68. The van der Waals surface area contributed by atoms with E-state index < -0.39 is 0 Å². The van der Waals surface area contributed by atoms with Crippen LogP contribution >= 0.6 is 0 Å². The van der Waals surface area contributed by atoms with Crippen molar-refractivity contribution >= 4 is 11.6 Å². The third kappa shape index (κ3) is 3.57. The summed E-state index contributed by atoms with van der Waals surface area (Å²) in [5, 5.41) is 14.7. The number of hydrogen-bond donors (Lipinski definition) is 2. The molecule has 0 spiro atoms. The van der Waals surface area contributed by atoms with Gasteiger partial charge in [0.15, 0.2) is 0 Å². The van der Waals surface area contributed by atoms with Gasteiger partial charge in [-0.15, -0.1) is 0 Å². The number of nitrogens with zero attached hydrogens (tertiary/aromatic N) is 3. The second-order valence-electron chi connectivity index (χ2n) is 4.21. The van der Waals surface area contributed by atoms with E-state index in [9.17, 15) is 0 Å². The Morgan fingerprint density at radius 3 is 2.89 bits per heavy atom. The smallest absolute Gasteiger partial charge is 0.132 e. The monoisotopic (exact) mass is 247 g/mol. The van der Waals surface area contributed by atoms with Crippen LogP contribution in [0.2, 0.25) is 0 Å². The fraction of sp³-hybridized carbons (Fsp3) is 0.583. The zero-order valence-electron chi connectivity index (χ0n) is 10.4. The molecule has 1 aromatic heterocycles. The molecule has 18 heavy (non-hydrogen) atoms. The van der Waals surface area contributed by atoms with Gasteiger partial charge in [-0.05, 0) is 19.8 Å². The standard InChI is InChI=1S/C12H17N5O/c1-9-16-11(14-5-4-13)7-12(17-9)15-8-10-3-2-6-18-10/h7,10H,2-3,5-6,8H2,1H3,(H2,14,15,16,17). The Hall–Kier alpha value is -1.87. The van der Waals surface area contributed by atoms with Gasteiger partial charge in [-0.3, -0.25) is 0 Å². The van der Waals surface area contributed by atoms with Crippen LogP contribution in [0.1, 0.15) is 18.7 Å². The van der Waals surface area contributed by atoms with Crippen molar-refractivity contribution in [3.8, 4) is 6.07 Å². The largest absolute Gasteiger partial charge is 0.376 e. The summed E-state index contributed by atoms with van der Waals surface area (Å²) in [5.74, 6) is 2.10. The number of aryl methyl sites for hydroxylation is 1. The van der Waals surface area contributed by atoms with Crippen molar-refractivity contribution in [1.29, 1.82) is 5.26 Å². The average Bonchev–Trinajstić information content (AvgIpc) is 2.86. The van der Waals surface area contributed by atoms with Crippen LogP contribution in [0, 0.1) is 18.3 Å². The molecule has 1 atom stereocenters. The minimum Gasteiger partial charge on any atom is -0.376 e. The summed E-state index contributed by atoms with van der Waals surface area (Å²) in [4.78, 5) is 8.51. The molecule has 6 nitrogen and oxygen atoms in total. The second-order valence-corrected chi connectivity index (χ2v) is 4.21. The highest BCUT2D eigenvalue weighted by atomic mass is 16.5. The molecule has 0 aliphatic carbocycles. The maximum Gasteiger partial charge on any atom is 0.132 e. The third-order valence-electron chi connectivity index (χ3n) is 2.72. The van der Waals surface area contributed by atoms with Gasteiger partial charge in [0.1, 0.15) is 24.0 Å². The van der Waals surface area contributed by atoms with E-state index in [2.05, 4.69) is 20.6 Å². The van der Waals surface area contributed by atoms with E-state index in [0.717, 1.165) is 31.8 Å². The molecule has 1 aliphatic rings. The number of hydrogen-bond acceptors (Lipinski definition) is 6. The van der Waals surface area contributed by atoms with Crippen molar-refractivity contribution < 1.29 is 4.74 Å². The molecule has 6 heteroatoms. The molecule has 1 aromatic rings. The quantitative estimate of drug-likeness (QED) is 0.763. The topological polar surface area (TPSA) is 82.9 Å². The maximum atomic E-state index is 8.53. The Balaban J connectivity index is 1.94. The summed E-state index contributed by atoms with van der Waals surface area (Å²) < 4.78 is 5.54. The van der Waals surface area contributed by atoms with Crippen LogP contribution in [-0.4, -0.2) is 35.8 Å². The van der Waals surface area contributed by atoms with Gasteiger partial charge in [0.25, 0.3) is 0 Å². The first-order chi connectivity index (χ1) is 8.78. The minimum atomic E-state index is 0.238. The number of aromatic nitrogens is 2. The molecular weight excluding hydrogens is 230 g/mol. The number of rotatable bonds is 5. The van der Waals surface area contributed by atoms with E-state index in [0.29, 0.717) is 11.6 Å². The molecule has 2 rings (SSSR count). The van der Waals surface area contributed by atoms with Crippen LogP contribution in [0.15, 0.2) is 6.07 Å². The van der Waals surface area contributed by atoms with Gasteiger partial charge < -0.3 is 15.4 Å². The average molecular weight is 247 g/mol. The summed E-state index contributed by atoms with van der Waals surface area (Å²) in [7, 11) is 0. The van der Waals surface area contributed by atoms with E-state index in [1.165, 1.54) is 0 Å². The lowest BCUT2D eigenvalue weighted by Crippen LogP contribution is -2.19. The Bertz CT molecular complexity index is 437. The normalized spacial score (nSPS) is 18.3. The lowest BCUT2D eigenvalue weighted by molar-refractivity contribution is 0.120. The molecule has 96 valence electrons. The van der Waals surface area contributed by atoms with Crippen molar-refractivity contribution in [3.05, 3.63) is 11.9 Å². The van der Waals surface area contributed by atoms with Crippen LogP contribution in [0.4, 0.5) is 11.6 Å². The van der Waals surface area contributed by atoms with E-state index in [4.69, 9.17) is 10.00 Å². The molecule has 0 radical (unpaired) electrons. The van der Waals surface area contributed by atoms with E-state index in [1.807, 2.05) is 13.0 Å². The second kappa shape index (κ2) is 6.17. The van der Waals surface area contributed by atoms with E-state index >= 15 is 0 Å². The Kier molecular flexibility index (Phi) is 4.31. The van der Waals surface area contributed by atoms with E-state index in [-0.39, 0.29) is 12.6 Å². The number of nitrogens with one attached hydrogen (secondary N) is 2. The highest BCUT2D eigenvalue weighted by Gasteiger charge is 2.15. The van der Waals surface area contributed by atoms with Crippen molar-refractivity contribution in [3.63, 3.8) is 0 Å². The van der Waals surface area contributed by atoms with E-state index in [1.54, 1.807) is 6.07 Å². The van der Waals surface area contributed by atoms with Crippen LogP contribution in [0.5, 0.6) is 0 Å². The summed E-state index contributed by atoms with van der Waals surface area (Å²) >= 11 is 0. The molecule has 0 saturated carbocycles. The molecule has 0 bridgehead atoms. The Morgan fingerprint density at radius 1 is 1.44 bits per heavy atom. The zero-order valence-corrected chi connectivity index (χ0v) is 10.4. The number of nitriles is 1. The molecule has 0 amide bonds. The number of ether oxygens (including phenoxy) is 1. The van der Waals surface area contributed by atoms with Crippen molar-refractivity contribution in [2.75, 3.05) is 30.3 Å². The molecule has 1 fully saturated rings. The van der Waals surface area contributed by atoms with Gasteiger partial charge in [0.05, 0.1) is 12.2 Å². The lowest BCUT2D eigenvalue weighted by atomic mass is 10.2. The van der Waals surface area contributed by atoms with Gasteiger partial charge in [-0.1, -0.05) is 0 Å². The maximum absolute atomic E-state index is 8.53. The molecule has 2 heterocycles. The van der Waals surface area contributed by atoms with Crippen LogP contribution in [0.3, 0.4) is 0 Å². The van der Waals surface area contributed by atoms with Gasteiger partial charge in [-0.2, -0.15) is 5.26 Å². The molecule has 1 saturated heterocycles. The fourth-order valence-electron chi connectivity index (χ4n) is 1.90. The van der Waals surface area contributed by atoms with Gasteiger partial charge >= 0.3 is 0 Å². The first-order valence-corrected chi connectivity index (χ1v) is 6.10. The first-order valence-electron chi connectivity index (χ1n) is 6.10. The fourth-order valence-corrected chi connectivity index (χ4v) is 1.90. The van der Waals surface area contributed by atoms with Crippen LogP contribution in [0.25, 0.3) is 0 Å². The Morgan fingerprint density at radius 2 is 2.22 bits per heavy atom. The Labute approximate surface area is 106 Å². The minimum absolute atomic E-state index is 0.238. The van der Waals surface area contributed by atoms with Gasteiger partial charge in [0.2, 0.25) is 0 Å².